The molecule has 102 valence electrons. The highest BCUT2D eigenvalue weighted by Crippen LogP contribution is 2.23. The number of hydrogen-bond donors (Lipinski definition) is 1. The van der Waals surface area contributed by atoms with E-state index in [9.17, 15) is 4.39 Å². The molecular weight excluding hydrogens is 231 g/mol. The quantitative estimate of drug-likeness (QED) is 0.813. The summed E-state index contributed by atoms with van der Waals surface area (Å²) < 4.78 is 18.9. The van der Waals surface area contributed by atoms with E-state index < -0.39 is 0 Å². The lowest BCUT2D eigenvalue weighted by Gasteiger charge is -2.20. The minimum absolute atomic E-state index is 0.218. The molecule has 0 aliphatic rings. The van der Waals surface area contributed by atoms with Crippen LogP contribution in [-0.2, 0) is 0 Å². The van der Waals surface area contributed by atoms with Gasteiger partial charge in [0.15, 0.2) is 11.6 Å². The van der Waals surface area contributed by atoms with Gasteiger partial charge >= 0.3 is 0 Å². The minimum Gasteiger partial charge on any atom is -0.491 e. The van der Waals surface area contributed by atoms with Crippen LogP contribution in [0.4, 0.5) is 10.1 Å². The molecule has 2 N–H and O–H groups in total. The fraction of sp³-hybridized carbons (Fsp3) is 0.571. The second-order valence-electron chi connectivity index (χ2n) is 4.59. The highest BCUT2D eigenvalue weighted by Gasteiger charge is 2.07. The highest BCUT2D eigenvalue weighted by molar-refractivity contribution is 5.49. The summed E-state index contributed by atoms with van der Waals surface area (Å²) in [5.74, 6) is -0.00127. The van der Waals surface area contributed by atoms with E-state index in [-0.39, 0.29) is 11.9 Å². The number of nitrogens with two attached hydrogens (primary N) is 1. The van der Waals surface area contributed by atoms with E-state index in [0.29, 0.717) is 12.4 Å². The van der Waals surface area contributed by atoms with Crippen molar-refractivity contribution in [2.75, 3.05) is 25.1 Å². The van der Waals surface area contributed by atoms with E-state index in [1.165, 1.54) is 6.07 Å². The molecule has 1 aromatic rings. The van der Waals surface area contributed by atoms with Crippen LogP contribution in [0.5, 0.6) is 5.75 Å². The van der Waals surface area contributed by atoms with Crippen LogP contribution in [-0.4, -0.2) is 26.2 Å². The van der Waals surface area contributed by atoms with Crippen molar-refractivity contribution in [3.8, 4) is 5.75 Å². The van der Waals surface area contributed by atoms with E-state index in [4.69, 9.17) is 10.5 Å². The van der Waals surface area contributed by atoms with Crippen molar-refractivity contribution in [3.63, 3.8) is 0 Å². The Morgan fingerprint density at radius 3 is 2.72 bits per heavy atom. The summed E-state index contributed by atoms with van der Waals surface area (Å²) in [7, 11) is 1.95. The van der Waals surface area contributed by atoms with E-state index in [2.05, 4.69) is 0 Å². The molecule has 1 aromatic carbocycles. The normalized spacial score (nSPS) is 12.3. The maximum atomic E-state index is 13.7. The molecule has 0 aliphatic heterocycles. The maximum Gasteiger partial charge on any atom is 0.167 e. The van der Waals surface area contributed by atoms with Crippen LogP contribution in [0.3, 0.4) is 0 Å². The first-order chi connectivity index (χ1) is 8.54. The van der Waals surface area contributed by atoms with Crippen LogP contribution in [0.2, 0.25) is 0 Å². The number of ether oxygens (including phenoxy) is 1. The van der Waals surface area contributed by atoms with Gasteiger partial charge in [-0.1, -0.05) is 0 Å². The fourth-order valence-electron chi connectivity index (χ4n) is 1.78. The number of hydrogen-bond acceptors (Lipinski definition) is 3. The molecule has 0 saturated carbocycles. The van der Waals surface area contributed by atoms with Gasteiger partial charge in [-0.05, 0) is 38.8 Å². The van der Waals surface area contributed by atoms with Gasteiger partial charge in [0.25, 0.3) is 0 Å². The summed E-state index contributed by atoms with van der Waals surface area (Å²) in [5.41, 5.74) is 6.56. The van der Waals surface area contributed by atoms with Crippen molar-refractivity contribution in [2.45, 2.75) is 32.7 Å². The Labute approximate surface area is 109 Å². The third kappa shape index (κ3) is 4.53. The predicted octanol–water partition coefficient (Wildman–Crippen LogP) is 2.79. The van der Waals surface area contributed by atoms with Crippen LogP contribution in [0.15, 0.2) is 18.2 Å². The molecular formula is C14H23FN2O. The molecule has 0 aromatic heterocycles. The Morgan fingerprint density at radius 1 is 1.44 bits per heavy atom. The average Bonchev–Trinajstić information content (AvgIpc) is 2.31. The van der Waals surface area contributed by atoms with Gasteiger partial charge in [-0.25, -0.2) is 4.39 Å². The number of benzene rings is 1. The topological polar surface area (TPSA) is 38.5 Å². The molecule has 0 bridgehead atoms. The molecule has 0 saturated heterocycles. The summed E-state index contributed by atoms with van der Waals surface area (Å²) >= 11 is 0. The first-order valence-electron chi connectivity index (χ1n) is 6.43. The molecule has 0 amide bonds. The molecule has 1 unspecified atom stereocenters. The molecule has 0 aliphatic carbocycles. The lowest BCUT2D eigenvalue weighted by Crippen LogP contribution is -2.22. The predicted molar refractivity (Wildman–Crippen MR) is 73.7 cm³/mol. The molecule has 1 rings (SSSR count). The third-order valence-corrected chi connectivity index (χ3v) is 2.81. The summed E-state index contributed by atoms with van der Waals surface area (Å²) in [6.45, 7) is 5.18. The Balaban J connectivity index is 2.57. The van der Waals surface area contributed by atoms with Gasteiger partial charge in [0.2, 0.25) is 0 Å². The second-order valence-corrected chi connectivity index (χ2v) is 4.59. The Morgan fingerprint density at radius 2 is 2.17 bits per heavy atom. The van der Waals surface area contributed by atoms with E-state index >= 15 is 0 Å². The van der Waals surface area contributed by atoms with Crippen molar-refractivity contribution in [1.29, 1.82) is 0 Å². The van der Waals surface area contributed by atoms with Crippen molar-refractivity contribution in [1.82, 2.24) is 0 Å². The third-order valence-electron chi connectivity index (χ3n) is 2.81. The van der Waals surface area contributed by atoms with Crippen LogP contribution >= 0.6 is 0 Å². The standard InChI is InChI=1S/C14H23FN2O/c1-4-18-14-8-7-12(10-13(14)15)17(3)9-5-6-11(2)16/h7-8,10-11H,4-6,9,16H2,1-3H3. The second kappa shape index (κ2) is 7.21. The van der Waals surface area contributed by atoms with E-state index in [0.717, 1.165) is 25.1 Å². The summed E-state index contributed by atoms with van der Waals surface area (Å²) in [4.78, 5) is 2.03. The number of anilines is 1. The van der Waals surface area contributed by atoms with Gasteiger partial charge in [-0.15, -0.1) is 0 Å². The van der Waals surface area contributed by atoms with Gasteiger partial charge in [0.05, 0.1) is 6.61 Å². The SMILES string of the molecule is CCOc1ccc(N(C)CCCC(C)N)cc1F. The molecule has 0 heterocycles. The summed E-state index contributed by atoms with van der Waals surface area (Å²) in [6.07, 6.45) is 1.98. The number of halogens is 1. The lowest BCUT2D eigenvalue weighted by atomic mass is 10.2. The minimum atomic E-state index is -0.312. The molecule has 3 nitrogen and oxygen atoms in total. The molecule has 0 radical (unpaired) electrons. The monoisotopic (exact) mass is 254 g/mol. The summed E-state index contributed by atoms with van der Waals surface area (Å²) in [6, 6.07) is 5.28. The zero-order chi connectivity index (χ0) is 13.5. The van der Waals surface area contributed by atoms with Crippen LogP contribution in [0.1, 0.15) is 26.7 Å². The Bertz CT molecular complexity index is 369. The van der Waals surface area contributed by atoms with Crippen molar-refractivity contribution in [2.24, 2.45) is 5.73 Å². The van der Waals surface area contributed by atoms with Crippen molar-refractivity contribution < 1.29 is 9.13 Å². The smallest absolute Gasteiger partial charge is 0.167 e. The molecule has 18 heavy (non-hydrogen) atoms. The zero-order valence-corrected chi connectivity index (χ0v) is 11.4. The van der Waals surface area contributed by atoms with Crippen LogP contribution in [0.25, 0.3) is 0 Å². The van der Waals surface area contributed by atoms with Gasteiger partial charge < -0.3 is 15.4 Å². The van der Waals surface area contributed by atoms with E-state index in [1.54, 1.807) is 6.07 Å². The maximum absolute atomic E-state index is 13.7. The molecule has 0 fully saturated rings. The van der Waals surface area contributed by atoms with Gasteiger partial charge in [0.1, 0.15) is 0 Å². The largest absolute Gasteiger partial charge is 0.491 e. The van der Waals surface area contributed by atoms with Crippen molar-refractivity contribution >= 4 is 5.69 Å². The number of nitrogens with zero attached hydrogens (tertiary/aromatic N) is 1. The van der Waals surface area contributed by atoms with Crippen LogP contribution in [0, 0.1) is 5.82 Å². The first-order valence-corrected chi connectivity index (χ1v) is 6.43. The fourth-order valence-corrected chi connectivity index (χ4v) is 1.78. The molecule has 1 atom stereocenters. The highest BCUT2D eigenvalue weighted by atomic mass is 19.1. The van der Waals surface area contributed by atoms with Crippen molar-refractivity contribution in [3.05, 3.63) is 24.0 Å². The molecule has 0 spiro atoms. The lowest BCUT2D eigenvalue weighted by molar-refractivity contribution is 0.321. The van der Waals surface area contributed by atoms with E-state index in [1.807, 2.05) is 31.9 Å². The van der Waals surface area contributed by atoms with Gasteiger partial charge in [-0.3, -0.25) is 0 Å². The Hall–Kier alpha value is -1.29. The first kappa shape index (κ1) is 14.8. The summed E-state index contributed by atoms with van der Waals surface area (Å²) in [5, 5.41) is 0. The van der Waals surface area contributed by atoms with Crippen LogP contribution < -0.4 is 15.4 Å². The number of rotatable bonds is 7. The van der Waals surface area contributed by atoms with Gasteiger partial charge in [-0.2, -0.15) is 0 Å². The van der Waals surface area contributed by atoms with Gasteiger partial charge in [0, 0.05) is 31.4 Å². The molecule has 4 heteroatoms. The Kier molecular flexibility index (Phi) is 5.92. The average molecular weight is 254 g/mol. The zero-order valence-electron chi connectivity index (χ0n) is 11.4.